The van der Waals surface area contributed by atoms with Crippen LogP contribution in [0, 0.1) is 0 Å². The second-order valence-corrected chi connectivity index (χ2v) is 4.60. The first kappa shape index (κ1) is 16.7. The van der Waals surface area contributed by atoms with Crippen molar-refractivity contribution in [2.24, 2.45) is 0 Å². The number of carboxylic acids is 1. The van der Waals surface area contributed by atoms with Gasteiger partial charge in [-0.1, -0.05) is 13.3 Å². The van der Waals surface area contributed by atoms with Crippen LogP contribution in [0.2, 0.25) is 0 Å². The topological polar surface area (TPSA) is 113 Å². The van der Waals surface area contributed by atoms with Crippen LogP contribution in [0.25, 0.3) is 0 Å². The number of carbonyl (C=O) groups excluding carboxylic acids is 2. The number of imidazole rings is 1. The van der Waals surface area contributed by atoms with Crippen molar-refractivity contribution in [3.63, 3.8) is 0 Å². The molecule has 1 rings (SSSR count). The average molecular weight is 296 g/mol. The van der Waals surface area contributed by atoms with E-state index in [1.165, 1.54) is 0 Å². The Morgan fingerprint density at radius 2 is 1.95 bits per heavy atom. The fourth-order valence-corrected chi connectivity index (χ4v) is 1.88. The van der Waals surface area contributed by atoms with Crippen LogP contribution in [0.5, 0.6) is 0 Å². The quantitative estimate of drug-likeness (QED) is 0.590. The van der Waals surface area contributed by atoms with Gasteiger partial charge in [0, 0.05) is 24.9 Å². The van der Waals surface area contributed by atoms with E-state index in [4.69, 9.17) is 5.11 Å². The summed E-state index contributed by atoms with van der Waals surface area (Å²) in [6.07, 6.45) is 7.11. The number of hydrogen-bond acceptors (Lipinski definition) is 4. The second-order valence-electron chi connectivity index (χ2n) is 4.60. The van der Waals surface area contributed by atoms with E-state index in [1.807, 2.05) is 11.5 Å². The van der Waals surface area contributed by atoms with Crippen molar-refractivity contribution in [1.29, 1.82) is 0 Å². The molecule has 0 saturated carbocycles. The predicted molar refractivity (Wildman–Crippen MR) is 74.4 cm³/mol. The Kier molecular flexibility index (Phi) is 6.93. The second kappa shape index (κ2) is 8.72. The summed E-state index contributed by atoms with van der Waals surface area (Å²) < 4.78 is 1.87. The standard InChI is InChI=1S/C13H20N4O4/c1-2-3-10(17-5-4-14-9-17)6-11(18)15-7-12(19)16-8-13(20)21/h4-5,9-10H,2-3,6-8H2,1H3,(H,15,18)(H,16,19)(H,20,21). The van der Waals surface area contributed by atoms with E-state index in [1.54, 1.807) is 18.7 Å². The molecule has 0 aliphatic carbocycles. The molecule has 0 fully saturated rings. The average Bonchev–Trinajstić information content (AvgIpc) is 2.96. The zero-order valence-corrected chi connectivity index (χ0v) is 11.9. The maximum atomic E-state index is 11.8. The lowest BCUT2D eigenvalue weighted by Gasteiger charge is -2.17. The van der Waals surface area contributed by atoms with Gasteiger partial charge in [0.1, 0.15) is 6.54 Å². The molecule has 1 atom stereocenters. The summed E-state index contributed by atoms with van der Waals surface area (Å²) in [6, 6.07) is -0.000388. The molecule has 0 spiro atoms. The highest BCUT2D eigenvalue weighted by Gasteiger charge is 2.15. The van der Waals surface area contributed by atoms with Crippen molar-refractivity contribution in [2.45, 2.75) is 32.2 Å². The van der Waals surface area contributed by atoms with Crippen molar-refractivity contribution in [3.8, 4) is 0 Å². The number of aliphatic carboxylic acids is 1. The van der Waals surface area contributed by atoms with E-state index in [9.17, 15) is 14.4 Å². The third kappa shape index (κ3) is 6.55. The molecule has 21 heavy (non-hydrogen) atoms. The van der Waals surface area contributed by atoms with Gasteiger partial charge < -0.3 is 20.3 Å². The summed E-state index contributed by atoms with van der Waals surface area (Å²) in [5, 5.41) is 13.1. The molecule has 1 aromatic rings. The fraction of sp³-hybridized carbons (Fsp3) is 0.538. The van der Waals surface area contributed by atoms with Gasteiger partial charge in [0.25, 0.3) is 0 Å². The summed E-state index contributed by atoms with van der Waals surface area (Å²) in [5.41, 5.74) is 0. The Morgan fingerprint density at radius 3 is 2.52 bits per heavy atom. The predicted octanol–water partition coefficient (Wildman–Crippen LogP) is -0.0686. The number of carbonyl (C=O) groups is 3. The van der Waals surface area contributed by atoms with Crippen molar-refractivity contribution < 1.29 is 19.5 Å². The highest BCUT2D eigenvalue weighted by molar-refractivity contribution is 5.86. The summed E-state index contributed by atoms with van der Waals surface area (Å²) in [4.78, 5) is 37.4. The molecule has 8 nitrogen and oxygen atoms in total. The maximum Gasteiger partial charge on any atom is 0.322 e. The molecule has 1 aromatic heterocycles. The van der Waals surface area contributed by atoms with Gasteiger partial charge in [-0.2, -0.15) is 0 Å². The summed E-state index contributed by atoms with van der Waals surface area (Å²) >= 11 is 0. The first-order valence-electron chi connectivity index (χ1n) is 6.75. The van der Waals surface area contributed by atoms with Crippen LogP contribution in [0.3, 0.4) is 0 Å². The van der Waals surface area contributed by atoms with Gasteiger partial charge in [-0.3, -0.25) is 14.4 Å². The van der Waals surface area contributed by atoms with Crippen LogP contribution in [-0.2, 0) is 14.4 Å². The number of hydrogen-bond donors (Lipinski definition) is 3. The molecule has 8 heteroatoms. The minimum Gasteiger partial charge on any atom is -0.480 e. The zero-order chi connectivity index (χ0) is 15.7. The zero-order valence-electron chi connectivity index (χ0n) is 11.9. The van der Waals surface area contributed by atoms with Gasteiger partial charge in [0.05, 0.1) is 12.9 Å². The van der Waals surface area contributed by atoms with Gasteiger partial charge in [-0.25, -0.2) is 4.98 Å². The molecule has 0 aliphatic rings. The third-order valence-corrected chi connectivity index (χ3v) is 2.87. The molecule has 0 saturated heterocycles. The van der Waals surface area contributed by atoms with Crippen LogP contribution in [0.1, 0.15) is 32.2 Å². The molecule has 0 bridgehead atoms. The van der Waals surface area contributed by atoms with Crippen LogP contribution in [-0.4, -0.2) is 45.5 Å². The SMILES string of the molecule is CCCC(CC(=O)NCC(=O)NCC(=O)O)n1ccnc1. The molecule has 0 aromatic carbocycles. The van der Waals surface area contributed by atoms with E-state index >= 15 is 0 Å². The molecule has 0 aliphatic heterocycles. The van der Waals surface area contributed by atoms with Gasteiger partial charge in [-0.05, 0) is 6.42 Å². The number of rotatable bonds is 9. The minimum atomic E-state index is -1.13. The van der Waals surface area contributed by atoms with Crippen LogP contribution < -0.4 is 10.6 Å². The smallest absolute Gasteiger partial charge is 0.322 e. The summed E-state index contributed by atoms with van der Waals surface area (Å²) in [7, 11) is 0. The first-order valence-corrected chi connectivity index (χ1v) is 6.75. The van der Waals surface area contributed by atoms with Crippen LogP contribution >= 0.6 is 0 Å². The number of aromatic nitrogens is 2. The van der Waals surface area contributed by atoms with E-state index in [2.05, 4.69) is 15.6 Å². The normalized spacial score (nSPS) is 11.7. The van der Waals surface area contributed by atoms with Crippen molar-refractivity contribution in [2.75, 3.05) is 13.1 Å². The Morgan fingerprint density at radius 1 is 1.24 bits per heavy atom. The number of carboxylic acid groups (broad SMARTS) is 1. The van der Waals surface area contributed by atoms with E-state index in [0.29, 0.717) is 0 Å². The third-order valence-electron chi connectivity index (χ3n) is 2.87. The number of amides is 2. The van der Waals surface area contributed by atoms with Gasteiger partial charge in [0.15, 0.2) is 0 Å². The largest absolute Gasteiger partial charge is 0.480 e. The molecule has 116 valence electrons. The molecule has 2 amide bonds. The van der Waals surface area contributed by atoms with Crippen LogP contribution in [0.4, 0.5) is 0 Å². The molecule has 1 unspecified atom stereocenters. The Balaban J connectivity index is 2.37. The maximum absolute atomic E-state index is 11.8. The summed E-state index contributed by atoms with van der Waals surface area (Å²) in [6.45, 7) is 1.35. The number of nitrogens with one attached hydrogen (secondary N) is 2. The Labute approximate surface area is 122 Å². The van der Waals surface area contributed by atoms with Crippen LogP contribution in [0.15, 0.2) is 18.7 Å². The van der Waals surface area contributed by atoms with Gasteiger partial charge in [0.2, 0.25) is 11.8 Å². The lowest BCUT2D eigenvalue weighted by molar-refractivity contribution is -0.137. The molecular weight excluding hydrogens is 276 g/mol. The van der Waals surface area contributed by atoms with Crippen molar-refractivity contribution in [1.82, 2.24) is 20.2 Å². The van der Waals surface area contributed by atoms with E-state index in [0.717, 1.165) is 12.8 Å². The van der Waals surface area contributed by atoms with Crippen molar-refractivity contribution >= 4 is 17.8 Å². The fourth-order valence-electron chi connectivity index (χ4n) is 1.88. The monoisotopic (exact) mass is 296 g/mol. The van der Waals surface area contributed by atoms with E-state index < -0.39 is 18.4 Å². The van der Waals surface area contributed by atoms with E-state index in [-0.39, 0.29) is 24.9 Å². The molecule has 1 heterocycles. The van der Waals surface area contributed by atoms with Gasteiger partial charge in [-0.15, -0.1) is 0 Å². The van der Waals surface area contributed by atoms with Crippen molar-refractivity contribution in [3.05, 3.63) is 18.7 Å². The highest BCUT2D eigenvalue weighted by atomic mass is 16.4. The molecule has 3 N–H and O–H groups in total. The lowest BCUT2D eigenvalue weighted by atomic mass is 10.1. The highest BCUT2D eigenvalue weighted by Crippen LogP contribution is 2.17. The summed E-state index contributed by atoms with van der Waals surface area (Å²) in [5.74, 6) is -1.91. The molecule has 0 radical (unpaired) electrons. The van der Waals surface area contributed by atoms with Gasteiger partial charge >= 0.3 is 5.97 Å². The lowest BCUT2D eigenvalue weighted by Crippen LogP contribution is -2.39. The Bertz CT molecular complexity index is 473. The number of nitrogens with zero attached hydrogens (tertiary/aromatic N) is 2. The molecular formula is C13H20N4O4. The first-order chi connectivity index (χ1) is 10.0. The Hall–Kier alpha value is -2.38. The minimum absolute atomic E-state index is 0.000388.